The molecule has 3 N–H and O–H groups in total. The van der Waals surface area contributed by atoms with Gasteiger partial charge in [-0.3, -0.25) is 5.43 Å². The lowest BCUT2D eigenvalue weighted by Gasteiger charge is -2.11. The Bertz CT molecular complexity index is 203. The van der Waals surface area contributed by atoms with Crippen LogP contribution in [0.25, 0.3) is 0 Å². The van der Waals surface area contributed by atoms with E-state index in [4.69, 9.17) is 24.4 Å². The Kier molecular flexibility index (Phi) is 1.18. The lowest BCUT2D eigenvalue weighted by atomic mass is 10.5. The molecule has 2 saturated heterocycles. The first kappa shape index (κ1) is 6.11. The summed E-state index contributed by atoms with van der Waals surface area (Å²) in [7, 11) is 0. The van der Waals surface area contributed by atoms with E-state index < -0.39 is 0 Å². The second-order valence-electron chi connectivity index (χ2n) is 2.16. The van der Waals surface area contributed by atoms with Crippen molar-refractivity contribution >= 4 is 34.7 Å². The molecular formula is C4H6N4S2. The van der Waals surface area contributed by atoms with Crippen molar-refractivity contribution in [1.82, 2.24) is 21.1 Å². The molecule has 10 heavy (non-hydrogen) atoms. The van der Waals surface area contributed by atoms with Gasteiger partial charge in [0.25, 0.3) is 0 Å². The SMILES string of the molecule is S=C1NC2CNC(=S)N2N1. The highest BCUT2D eigenvalue weighted by atomic mass is 32.1. The number of fused-ring (bicyclic) bond motifs is 1. The molecule has 0 bridgehead atoms. The Labute approximate surface area is 68.9 Å². The maximum atomic E-state index is 4.96. The van der Waals surface area contributed by atoms with Crippen molar-refractivity contribution in [3.8, 4) is 0 Å². The fourth-order valence-corrected chi connectivity index (χ4v) is 1.53. The van der Waals surface area contributed by atoms with E-state index in [0.717, 1.165) is 6.54 Å². The zero-order valence-electron chi connectivity index (χ0n) is 5.05. The van der Waals surface area contributed by atoms with E-state index in [0.29, 0.717) is 10.2 Å². The number of nitrogens with one attached hydrogen (secondary N) is 3. The molecule has 0 radical (unpaired) electrons. The summed E-state index contributed by atoms with van der Waals surface area (Å²) in [5.74, 6) is 0. The second-order valence-corrected chi connectivity index (χ2v) is 2.95. The Morgan fingerprint density at radius 2 is 2.30 bits per heavy atom. The monoisotopic (exact) mass is 174 g/mol. The van der Waals surface area contributed by atoms with Gasteiger partial charge in [0.15, 0.2) is 10.2 Å². The van der Waals surface area contributed by atoms with Crippen molar-refractivity contribution in [1.29, 1.82) is 0 Å². The van der Waals surface area contributed by atoms with Crippen LogP contribution in [0.4, 0.5) is 0 Å². The highest BCUT2D eigenvalue weighted by Crippen LogP contribution is 2.05. The van der Waals surface area contributed by atoms with Gasteiger partial charge in [-0.05, 0) is 24.4 Å². The van der Waals surface area contributed by atoms with E-state index in [1.165, 1.54) is 0 Å². The van der Waals surface area contributed by atoms with Crippen molar-refractivity contribution < 1.29 is 0 Å². The third-order valence-corrected chi connectivity index (χ3v) is 2.05. The van der Waals surface area contributed by atoms with Gasteiger partial charge in [-0.2, -0.15) is 0 Å². The molecule has 0 amide bonds. The summed E-state index contributed by atoms with van der Waals surface area (Å²) in [5, 5.41) is 9.23. The van der Waals surface area contributed by atoms with E-state index in [9.17, 15) is 0 Å². The summed E-state index contributed by atoms with van der Waals surface area (Å²) in [4.78, 5) is 0. The summed E-state index contributed by atoms with van der Waals surface area (Å²) in [6.07, 6.45) is 0.208. The van der Waals surface area contributed by atoms with Crippen LogP contribution in [0.2, 0.25) is 0 Å². The Morgan fingerprint density at radius 1 is 1.50 bits per heavy atom. The lowest BCUT2D eigenvalue weighted by molar-refractivity contribution is 0.353. The molecule has 1 atom stereocenters. The third kappa shape index (κ3) is 0.723. The first-order valence-electron chi connectivity index (χ1n) is 2.91. The lowest BCUT2D eigenvalue weighted by Crippen LogP contribution is -2.38. The van der Waals surface area contributed by atoms with E-state index in [1.807, 2.05) is 5.01 Å². The van der Waals surface area contributed by atoms with Gasteiger partial charge in [0.1, 0.15) is 6.17 Å². The van der Waals surface area contributed by atoms with Gasteiger partial charge >= 0.3 is 0 Å². The van der Waals surface area contributed by atoms with E-state index in [1.54, 1.807) is 0 Å². The van der Waals surface area contributed by atoms with Crippen molar-refractivity contribution in [2.45, 2.75) is 6.17 Å². The Balaban J connectivity index is 2.19. The van der Waals surface area contributed by atoms with Crippen LogP contribution >= 0.6 is 24.4 Å². The fourth-order valence-electron chi connectivity index (χ4n) is 1.04. The van der Waals surface area contributed by atoms with Gasteiger partial charge in [-0.25, -0.2) is 5.01 Å². The molecule has 0 aromatic rings. The minimum atomic E-state index is 0.208. The van der Waals surface area contributed by atoms with Crippen LogP contribution in [0.1, 0.15) is 0 Å². The van der Waals surface area contributed by atoms with Crippen LogP contribution in [0, 0.1) is 0 Å². The molecule has 0 saturated carbocycles. The zero-order valence-corrected chi connectivity index (χ0v) is 6.68. The summed E-state index contributed by atoms with van der Waals surface area (Å²) in [6.45, 7) is 0.811. The molecule has 0 spiro atoms. The first-order valence-corrected chi connectivity index (χ1v) is 3.73. The quantitative estimate of drug-likeness (QED) is 0.405. The van der Waals surface area contributed by atoms with Crippen molar-refractivity contribution in [2.75, 3.05) is 6.54 Å². The molecule has 2 aliphatic heterocycles. The largest absolute Gasteiger partial charge is 0.357 e. The van der Waals surface area contributed by atoms with Crippen LogP contribution in [0.15, 0.2) is 0 Å². The third-order valence-electron chi connectivity index (χ3n) is 1.50. The highest BCUT2D eigenvalue weighted by Gasteiger charge is 2.33. The molecule has 6 heteroatoms. The maximum absolute atomic E-state index is 4.96. The van der Waals surface area contributed by atoms with Crippen molar-refractivity contribution in [3.63, 3.8) is 0 Å². The number of thiocarbonyl (C=S) groups is 2. The maximum Gasteiger partial charge on any atom is 0.190 e. The molecule has 2 heterocycles. The molecule has 2 rings (SSSR count). The molecule has 2 fully saturated rings. The molecule has 4 nitrogen and oxygen atoms in total. The number of hydrogen-bond acceptors (Lipinski definition) is 2. The van der Waals surface area contributed by atoms with Crippen LogP contribution in [0.3, 0.4) is 0 Å². The number of rotatable bonds is 0. The van der Waals surface area contributed by atoms with Gasteiger partial charge < -0.3 is 10.6 Å². The predicted octanol–water partition coefficient (Wildman–Crippen LogP) is -1.10. The van der Waals surface area contributed by atoms with E-state index >= 15 is 0 Å². The molecule has 54 valence electrons. The number of hydrazine groups is 1. The minimum Gasteiger partial charge on any atom is -0.357 e. The summed E-state index contributed by atoms with van der Waals surface area (Å²) in [6, 6.07) is 0. The predicted molar refractivity (Wildman–Crippen MR) is 45.1 cm³/mol. The van der Waals surface area contributed by atoms with Gasteiger partial charge in [-0.1, -0.05) is 0 Å². The first-order chi connectivity index (χ1) is 4.77. The van der Waals surface area contributed by atoms with E-state index in [-0.39, 0.29) is 6.17 Å². The number of nitrogens with zero attached hydrogens (tertiary/aromatic N) is 1. The Hall–Kier alpha value is -0.620. The smallest absolute Gasteiger partial charge is 0.190 e. The van der Waals surface area contributed by atoms with Gasteiger partial charge in [0.2, 0.25) is 0 Å². The van der Waals surface area contributed by atoms with Crippen molar-refractivity contribution in [3.05, 3.63) is 0 Å². The average molecular weight is 174 g/mol. The fraction of sp³-hybridized carbons (Fsp3) is 0.500. The summed E-state index contributed by atoms with van der Waals surface area (Å²) < 4.78 is 0. The minimum absolute atomic E-state index is 0.208. The Morgan fingerprint density at radius 3 is 3.00 bits per heavy atom. The summed E-state index contributed by atoms with van der Waals surface area (Å²) in [5.41, 5.74) is 2.92. The van der Waals surface area contributed by atoms with E-state index in [2.05, 4.69) is 16.1 Å². The van der Waals surface area contributed by atoms with Crippen molar-refractivity contribution in [2.24, 2.45) is 0 Å². The molecule has 2 aliphatic rings. The van der Waals surface area contributed by atoms with Gasteiger partial charge in [0.05, 0.1) is 6.54 Å². The summed E-state index contributed by atoms with van der Waals surface area (Å²) >= 11 is 9.84. The topological polar surface area (TPSA) is 39.3 Å². The average Bonchev–Trinajstić information content (AvgIpc) is 2.35. The standard InChI is InChI=1S/C4H6N4S2/c9-3-6-2-1-5-4(10)8(2)7-3/h2H,1H2,(H,5,10)(H2,6,7,9). The van der Waals surface area contributed by atoms with Crippen LogP contribution in [-0.4, -0.2) is 27.9 Å². The van der Waals surface area contributed by atoms with Crippen LogP contribution < -0.4 is 16.1 Å². The van der Waals surface area contributed by atoms with Gasteiger partial charge in [0, 0.05) is 0 Å². The molecule has 0 aromatic heterocycles. The second kappa shape index (κ2) is 1.93. The number of hydrogen-bond donors (Lipinski definition) is 3. The van der Waals surface area contributed by atoms with Crippen LogP contribution in [-0.2, 0) is 0 Å². The molecule has 0 aliphatic carbocycles. The zero-order chi connectivity index (χ0) is 7.14. The van der Waals surface area contributed by atoms with Gasteiger partial charge in [-0.15, -0.1) is 0 Å². The highest BCUT2D eigenvalue weighted by molar-refractivity contribution is 7.80. The molecular weight excluding hydrogens is 168 g/mol. The molecule has 1 unspecified atom stereocenters. The normalized spacial score (nSPS) is 29.2. The van der Waals surface area contributed by atoms with Crippen LogP contribution in [0.5, 0.6) is 0 Å². The molecule has 0 aromatic carbocycles.